The lowest BCUT2D eigenvalue weighted by atomic mass is 10.1. The molecule has 0 fully saturated rings. The van der Waals surface area contributed by atoms with E-state index in [0.29, 0.717) is 6.04 Å². The summed E-state index contributed by atoms with van der Waals surface area (Å²) in [4.78, 5) is 0. The Hall–Kier alpha value is -1.88. The molecule has 2 rings (SSSR count). The van der Waals surface area contributed by atoms with Crippen molar-refractivity contribution in [3.05, 3.63) is 42.2 Å². The van der Waals surface area contributed by atoms with Crippen LogP contribution in [0.15, 0.2) is 36.7 Å². The number of ether oxygens (including phenoxy) is 1. The maximum absolute atomic E-state index is 5.14. The van der Waals surface area contributed by atoms with Gasteiger partial charge in [0.15, 0.2) is 0 Å². The van der Waals surface area contributed by atoms with Crippen LogP contribution < -0.4 is 10.1 Å². The molecule has 5 heteroatoms. The van der Waals surface area contributed by atoms with Crippen LogP contribution in [0, 0.1) is 0 Å². The van der Waals surface area contributed by atoms with Crippen molar-refractivity contribution in [2.75, 3.05) is 13.7 Å². The molecule has 1 atom stereocenters. The number of nitrogens with zero attached hydrogens (tertiary/aromatic N) is 3. The fourth-order valence-electron chi connectivity index (χ4n) is 1.76. The maximum Gasteiger partial charge on any atom is 0.118 e. The van der Waals surface area contributed by atoms with Crippen molar-refractivity contribution >= 4 is 0 Å². The fourth-order valence-corrected chi connectivity index (χ4v) is 1.76. The van der Waals surface area contributed by atoms with Crippen LogP contribution in [0.4, 0.5) is 0 Å². The third-order valence-electron chi connectivity index (χ3n) is 2.88. The summed E-state index contributed by atoms with van der Waals surface area (Å²) in [6.45, 7) is 3.82. The molecule has 2 aromatic rings. The van der Waals surface area contributed by atoms with Crippen molar-refractivity contribution in [1.29, 1.82) is 0 Å². The highest BCUT2D eigenvalue weighted by Gasteiger charge is 2.04. The first-order valence-corrected chi connectivity index (χ1v) is 6.01. The zero-order valence-electron chi connectivity index (χ0n) is 10.7. The first-order valence-electron chi connectivity index (χ1n) is 6.01. The predicted molar refractivity (Wildman–Crippen MR) is 69.4 cm³/mol. The fraction of sp³-hybridized carbons (Fsp3) is 0.385. The minimum Gasteiger partial charge on any atom is -0.497 e. The number of methoxy groups -OCH3 is 1. The molecule has 96 valence electrons. The van der Waals surface area contributed by atoms with E-state index in [-0.39, 0.29) is 0 Å². The summed E-state index contributed by atoms with van der Waals surface area (Å²) in [5.74, 6) is 0.883. The Morgan fingerprint density at radius 1 is 1.33 bits per heavy atom. The molecule has 1 aromatic heterocycles. The molecule has 1 heterocycles. The monoisotopic (exact) mass is 246 g/mol. The van der Waals surface area contributed by atoms with E-state index in [9.17, 15) is 0 Å². The zero-order chi connectivity index (χ0) is 12.8. The number of hydrogen-bond donors (Lipinski definition) is 1. The van der Waals surface area contributed by atoms with Gasteiger partial charge in [0.25, 0.3) is 0 Å². The Labute approximate surface area is 107 Å². The van der Waals surface area contributed by atoms with Crippen LogP contribution in [-0.4, -0.2) is 28.6 Å². The van der Waals surface area contributed by atoms with Crippen molar-refractivity contribution in [3.63, 3.8) is 0 Å². The van der Waals surface area contributed by atoms with Crippen LogP contribution in [-0.2, 0) is 6.54 Å². The van der Waals surface area contributed by atoms with Crippen molar-refractivity contribution in [3.8, 4) is 5.75 Å². The van der Waals surface area contributed by atoms with Gasteiger partial charge in [-0.25, -0.2) is 0 Å². The molecule has 18 heavy (non-hydrogen) atoms. The van der Waals surface area contributed by atoms with E-state index in [1.807, 2.05) is 23.0 Å². The lowest BCUT2D eigenvalue weighted by Gasteiger charge is -2.14. The minimum absolute atomic E-state index is 0.305. The van der Waals surface area contributed by atoms with Gasteiger partial charge in [-0.05, 0) is 24.6 Å². The van der Waals surface area contributed by atoms with Gasteiger partial charge in [0.05, 0.1) is 19.9 Å². The van der Waals surface area contributed by atoms with E-state index < -0.39 is 0 Å². The van der Waals surface area contributed by atoms with E-state index in [4.69, 9.17) is 4.74 Å². The van der Waals surface area contributed by atoms with E-state index >= 15 is 0 Å². The average molecular weight is 246 g/mol. The van der Waals surface area contributed by atoms with Crippen LogP contribution in [0.3, 0.4) is 0 Å². The highest BCUT2D eigenvalue weighted by Crippen LogP contribution is 2.16. The van der Waals surface area contributed by atoms with E-state index in [1.165, 1.54) is 5.56 Å². The Kier molecular flexibility index (Phi) is 4.30. The van der Waals surface area contributed by atoms with Gasteiger partial charge in [0, 0.05) is 18.8 Å². The SMILES string of the molecule is COc1ccc(C(C)NCCn2ccnn2)cc1. The summed E-state index contributed by atoms with van der Waals surface area (Å²) in [5, 5.41) is 11.1. The summed E-state index contributed by atoms with van der Waals surface area (Å²) >= 11 is 0. The van der Waals surface area contributed by atoms with Gasteiger partial charge in [-0.3, -0.25) is 4.68 Å². The lowest BCUT2D eigenvalue weighted by molar-refractivity contribution is 0.414. The Morgan fingerprint density at radius 3 is 2.72 bits per heavy atom. The molecule has 0 amide bonds. The van der Waals surface area contributed by atoms with E-state index in [0.717, 1.165) is 18.8 Å². The second kappa shape index (κ2) is 6.16. The molecule has 0 saturated heterocycles. The van der Waals surface area contributed by atoms with Gasteiger partial charge < -0.3 is 10.1 Å². The third kappa shape index (κ3) is 3.30. The van der Waals surface area contributed by atoms with Crippen molar-refractivity contribution in [2.45, 2.75) is 19.5 Å². The standard InChI is InChI=1S/C13H18N4O/c1-11(12-3-5-13(18-2)6-4-12)14-7-9-17-10-8-15-16-17/h3-6,8,10-11,14H,7,9H2,1-2H3. The quantitative estimate of drug-likeness (QED) is 0.842. The topological polar surface area (TPSA) is 52.0 Å². The first-order chi connectivity index (χ1) is 8.79. The second-order valence-electron chi connectivity index (χ2n) is 4.12. The Bertz CT molecular complexity index is 452. The predicted octanol–water partition coefficient (Wildman–Crippen LogP) is 1.64. The largest absolute Gasteiger partial charge is 0.497 e. The molecular formula is C13H18N4O. The van der Waals surface area contributed by atoms with Crippen LogP contribution in [0.25, 0.3) is 0 Å². The van der Waals surface area contributed by atoms with Crippen LogP contribution in [0.5, 0.6) is 5.75 Å². The van der Waals surface area contributed by atoms with Crippen LogP contribution in [0.2, 0.25) is 0 Å². The molecule has 5 nitrogen and oxygen atoms in total. The highest BCUT2D eigenvalue weighted by atomic mass is 16.5. The lowest BCUT2D eigenvalue weighted by Crippen LogP contribution is -2.23. The molecule has 1 unspecified atom stereocenters. The van der Waals surface area contributed by atoms with Gasteiger partial charge in [0.1, 0.15) is 5.75 Å². The summed E-state index contributed by atoms with van der Waals surface area (Å²) in [6, 6.07) is 8.41. The van der Waals surface area contributed by atoms with Crippen molar-refractivity contribution in [1.82, 2.24) is 20.3 Å². The number of rotatable bonds is 6. The second-order valence-corrected chi connectivity index (χ2v) is 4.12. The minimum atomic E-state index is 0.305. The van der Waals surface area contributed by atoms with Crippen molar-refractivity contribution < 1.29 is 4.74 Å². The van der Waals surface area contributed by atoms with Crippen LogP contribution >= 0.6 is 0 Å². The van der Waals surface area contributed by atoms with Gasteiger partial charge in [0.2, 0.25) is 0 Å². The third-order valence-corrected chi connectivity index (χ3v) is 2.88. The molecule has 0 aliphatic carbocycles. The maximum atomic E-state index is 5.14. The zero-order valence-corrected chi connectivity index (χ0v) is 10.7. The van der Waals surface area contributed by atoms with Gasteiger partial charge >= 0.3 is 0 Å². The number of aromatic nitrogens is 3. The van der Waals surface area contributed by atoms with E-state index in [2.05, 4.69) is 34.7 Å². The molecule has 0 radical (unpaired) electrons. The molecular weight excluding hydrogens is 228 g/mol. The molecule has 0 aliphatic heterocycles. The molecule has 0 aliphatic rings. The molecule has 0 saturated carbocycles. The van der Waals surface area contributed by atoms with Gasteiger partial charge in [-0.1, -0.05) is 17.3 Å². The Morgan fingerprint density at radius 2 is 2.11 bits per heavy atom. The summed E-state index contributed by atoms with van der Waals surface area (Å²) in [5.41, 5.74) is 1.24. The highest BCUT2D eigenvalue weighted by molar-refractivity contribution is 5.28. The summed E-state index contributed by atoms with van der Waals surface area (Å²) in [6.07, 6.45) is 3.55. The van der Waals surface area contributed by atoms with Gasteiger partial charge in [-0.15, -0.1) is 5.10 Å². The first kappa shape index (κ1) is 12.6. The smallest absolute Gasteiger partial charge is 0.118 e. The summed E-state index contributed by atoms with van der Waals surface area (Å²) in [7, 11) is 1.68. The number of benzene rings is 1. The molecule has 0 bridgehead atoms. The molecule has 0 spiro atoms. The normalized spacial score (nSPS) is 12.3. The van der Waals surface area contributed by atoms with E-state index in [1.54, 1.807) is 13.3 Å². The van der Waals surface area contributed by atoms with Crippen LogP contribution in [0.1, 0.15) is 18.5 Å². The van der Waals surface area contributed by atoms with Crippen molar-refractivity contribution in [2.24, 2.45) is 0 Å². The van der Waals surface area contributed by atoms with Gasteiger partial charge in [-0.2, -0.15) is 0 Å². The molecule has 1 N–H and O–H groups in total. The molecule has 1 aromatic carbocycles. The number of nitrogens with one attached hydrogen (secondary N) is 1. The summed E-state index contributed by atoms with van der Waals surface area (Å²) < 4.78 is 6.95. The Balaban J connectivity index is 1.81. The average Bonchev–Trinajstić information content (AvgIpc) is 2.92. The number of hydrogen-bond acceptors (Lipinski definition) is 4.